The van der Waals surface area contributed by atoms with Crippen LogP contribution in [0.5, 0.6) is 0 Å². The van der Waals surface area contributed by atoms with E-state index >= 15 is 0 Å². The second-order valence-corrected chi connectivity index (χ2v) is 5.98. The molecule has 4 aromatic rings. The third-order valence-corrected chi connectivity index (χ3v) is 3.77. The molecule has 0 radical (unpaired) electrons. The van der Waals surface area contributed by atoms with Crippen LogP contribution in [0.1, 0.15) is 36.8 Å². The molecule has 0 saturated carbocycles. The van der Waals surface area contributed by atoms with Gasteiger partial charge in [-0.25, -0.2) is 4.98 Å². The van der Waals surface area contributed by atoms with Crippen molar-refractivity contribution in [2.75, 3.05) is 0 Å². The van der Waals surface area contributed by atoms with E-state index in [1.807, 2.05) is 61.5 Å². The molecule has 0 atom stereocenters. The van der Waals surface area contributed by atoms with Crippen LogP contribution in [0.3, 0.4) is 0 Å². The Morgan fingerprint density at radius 3 is 2.00 bits per heavy atom. The van der Waals surface area contributed by atoms with Crippen LogP contribution in [0.25, 0.3) is 10.9 Å². The summed E-state index contributed by atoms with van der Waals surface area (Å²) < 4.78 is 0. The van der Waals surface area contributed by atoms with Gasteiger partial charge in [-0.05, 0) is 31.2 Å². The van der Waals surface area contributed by atoms with E-state index in [4.69, 9.17) is 0 Å². The summed E-state index contributed by atoms with van der Waals surface area (Å²) in [5.74, 6) is 0. The van der Waals surface area contributed by atoms with Crippen LogP contribution in [0, 0.1) is 6.92 Å². The summed E-state index contributed by atoms with van der Waals surface area (Å²) in [7, 11) is 0. The number of pyridine rings is 2. The molecule has 2 heterocycles. The van der Waals surface area contributed by atoms with Crippen molar-refractivity contribution in [1.82, 2.24) is 9.97 Å². The Morgan fingerprint density at radius 1 is 0.690 bits per heavy atom. The topological polar surface area (TPSA) is 77.0 Å². The largest absolute Gasteiger partial charge is 0.298 e. The first-order chi connectivity index (χ1) is 14.2. The number of fused-ring (bicyclic) bond motifs is 1. The van der Waals surface area contributed by atoms with Crippen LogP contribution in [0.15, 0.2) is 85.2 Å². The molecule has 0 aliphatic carbocycles. The van der Waals surface area contributed by atoms with Gasteiger partial charge in [0.15, 0.2) is 12.6 Å². The van der Waals surface area contributed by atoms with Crippen molar-refractivity contribution in [3.63, 3.8) is 0 Å². The van der Waals surface area contributed by atoms with Crippen molar-refractivity contribution in [2.45, 2.75) is 6.92 Å². The maximum absolute atomic E-state index is 10.4. The maximum atomic E-state index is 10.4. The lowest BCUT2D eigenvalue weighted by Crippen LogP contribution is -1.85. The van der Waals surface area contributed by atoms with Gasteiger partial charge in [-0.2, -0.15) is 0 Å². The maximum Gasteiger partial charge on any atom is 0.168 e. The Balaban J connectivity index is 0.000000160. The van der Waals surface area contributed by atoms with E-state index in [9.17, 15) is 14.4 Å². The normalized spacial score (nSPS) is 9.28. The quantitative estimate of drug-likeness (QED) is 0.477. The van der Waals surface area contributed by atoms with Gasteiger partial charge in [-0.3, -0.25) is 19.4 Å². The fourth-order valence-electron chi connectivity index (χ4n) is 2.24. The number of carbonyl (C=O) groups is 3. The van der Waals surface area contributed by atoms with Gasteiger partial charge >= 0.3 is 0 Å². The van der Waals surface area contributed by atoms with Crippen molar-refractivity contribution in [1.29, 1.82) is 0 Å². The van der Waals surface area contributed by atoms with Crippen molar-refractivity contribution in [3.05, 3.63) is 108 Å². The zero-order valence-electron chi connectivity index (χ0n) is 15.9. The number of nitrogens with zero attached hydrogens (tertiary/aromatic N) is 2. The molecule has 0 amide bonds. The molecule has 144 valence electrons. The van der Waals surface area contributed by atoms with Crippen LogP contribution in [-0.4, -0.2) is 28.8 Å². The zero-order valence-corrected chi connectivity index (χ0v) is 15.9. The third-order valence-electron chi connectivity index (χ3n) is 3.77. The Hall–Kier alpha value is -3.99. The summed E-state index contributed by atoms with van der Waals surface area (Å²) in [6.07, 6.45) is 5.53. The first-order valence-corrected chi connectivity index (χ1v) is 8.84. The van der Waals surface area contributed by atoms with E-state index in [-0.39, 0.29) is 0 Å². The zero-order chi connectivity index (χ0) is 20.9. The Bertz CT molecular complexity index is 1060. The molecule has 0 aliphatic rings. The molecular formula is C24H20N2O3. The highest BCUT2D eigenvalue weighted by molar-refractivity contribution is 5.83. The molecule has 0 fully saturated rings. The average Bonchev–Trinajstić information content (AvgIpc) is 2.80. The molecule has 0 unspecified atom stereocenters. The van der Waals surface area contributed by atoms with E-state index in [2.05, 4.69) is 9.97 Å². The van der Waals surface area contributed by atoms with Crippen LogP contribution in [0.2, 0.25) is 0 Å². The molecule has 4 rings (SSSR count). The molecule has 0 saturated heterocycles. The average molecular weight is 384 g/mol. The molecule has 0 N–H and O–H groups in total. The highest BCUT2D eigenvalue weighted by Crippen LogP contribution is 2.10. The summed E-state index contributed by atoms with van der Waals surface area (Å²) in [5.41, 5.74) is 3.88. The van der Waals surface area contributed by atoms with Crippen molar-refractivity contribution < 1.29 is 14.4 Å². The SMILES string of the molecule is Cc1ccc(C=O)cc1.O=Cc1ccc2ccccc2n1.O=Cc1cccnc1. The van der Waals surface area contributed by atoms with Crippen molar-refractivity contribution in [2.24, 2.45) is 0 Å². The molecule has 5 nitrogen and oxygen atoms in total. The number of hydrogen-bond donors (Lipinski definition) is 0. The van der Waals surface area contributed by atoms with Gasteiger partial charge in [0, 0.05) is 28.9 Å². The lowest BCUT2D eigenvalue weighted by Gasteiger charge is -1.95. The minimum Gasteiger partial charge on any atom is -0.298 e. The van der Waals surface area contributed by atoms with E-state index < -0.39 is 0 Å². The third kappa shape index (κ3) is 7.27. The summed E-state index contributed by atoms with van der Waals surface area (Å²) in [6, 6.07) is 22.2. The molecule has 2 aromatic heterocycles. The number of aldehydes is 3. The smallest absolute Gasteiger partial charge is 0.168 e. The summed E-state index contributed by atoms with van der Waals surface area (Å²) in [6.45, 7) is 1.99. The Labute approximate surface area is 169 Å². The number of aryl methyl sites for hydroxylation is 1. The van der Waals surface area contributed by atoms with Crippen LogP contribution < -0.4 is 0 Å². The minimum atomic E-state index is 0.480. The lowest BCUT2D eigenvalue weighted by molar-refractivity contribution is 0.111. The first-order valence-electron chi connectivity index (χ1n) is 8.84. The highest BCUT2D eigenvalue weighted by atomic mass is 16.1. The van der Waals surface area contributed by atoms with Crippen molar-refractivity contribution >= 4 is 29.8 Å². The number of carbonyl (C=O) groups excluding carboxylic acids is 3. The van der Waals surface area contributed by atoms with Gasteiger partial charge in [0.1, 0.15) is 12.0 Å². The van der Waals surface area contributed by atoms with Crippen LogP contribution in [0.4, 0.5) is 0 Å². The Kier molecular flexibility index (Phi) is 8.57. The van der Waals surface area contributed by atoms with Gasteiger partial charge in [-0.15, -0.1) is 0 Å². The van der Waals surface area contributed by atoms with E-state index in [0.717, 1.165) is 35.3 Å². The molecule has 2 aromatic carbocycles. The summed E-state index contributed by atoms with van der Waals surface area (Å²) in [5, 5.41) is 1.06. The van der Waals surface area contributed by atoms with E-state index in [1.54, 1.807) is 24.4 Å². The van der Waals surface area contributed by atoms with Gasteiger partial charge in [0.05, 0.1) is 5.52 Å². The minimum absolute atomic E-state index is 0.480. The number of para-hydroxylation sites is 1. The second-order valence-electron chi connectivity index (χ2n) is 5.98. The highest BCUT2D eigenvalue weighted by Gasteiger charge is 1.94. The molecule has 0 bridgehead atoms. The molecule has 0 spiro atoms. The lowest BCUT2D eigenvalue weighted by atomic mass is 10.2. The predicted octanol–water partition coefficient (Wildman–Crippen LogP) is 4.75. The van der Waals surface area contributed by atoms with Gasteiger partial charge < -0.3 is 0 Å². The second kappa shape index (κ2) is 11.7. The number of benzene rings is 2. The van der Waals surface area contributed by atoms with Crippen LogP contribution in [-0.2, 0) is 0 Å². The summed E-state index contributed by atoms with van der Waals surface area (Å²) in [4.78, 5) is 38.3. The molecule has 29 heavy (non-hydrogen) atoms. The van der Waals surface area contributed by atoms with Gasteiger partial charge in [-0.1, -0.05) is 54.1 Å². The molecule has 0 aliphatic heterocycles. The number of rotatable bonds is 3. The monoisotopic (exact) mass is 384 g/mol. The number of aromatic nitrogens is 2. The van der Waals surface area contributed by atoms with E-state index in [0.29, 0.717) is 11.3 Å². The molecule has 5 heteroatoms. The van der Waals surface area contributed by atoms with Gasteiger partial charge in [0.25, 0.3) is 0 Å². The summed E-state index contributed by atoms with van der Waals surface area (Å²) >= 11 is 0. The van der Waals surface area contributed by atoms with Gasteiger partial charge in [0.2, 0.25) is 0 Å². The Morgan fingerprint density at radius 2 is 1.41 bits per heavy atom. The molecular weight excluding hydrogens is 364 g/mol. The predicted molar refractivity (Wildman–Crippen MR) is 113 cm³/mol. The van der Waals surface area contributed by atoms with Crippen LogP contribution >= 0.6 is 0 Å². The van der Waals surface area contributed by atoms with E-state index in [1.165, 1.54) is 11.8 Å². The van der Waals surface area contributed by atoms with Crippen molar-refractivity contribution in [3.8, 4) is 0 Å². The first kappa shape index (κ1) is 21.3. The fourth-order valence-corrected chi connectivity index (χ4v) is 2.24. The fraction of sp³-hybridized carbons (Fsp3) is 0.0417. The standard InChI is InChI=1S/C10H7NO.C8H8O.C6H5NO/c12-7-9-6-5-8-3-1-2-4-10(8)11-9;1-7-2-4-8(6-9)5-3-7;8-5-6-2-1-3-7-4-6/h1-7H;2-6H,1H3;1-5H. The number of hydrogen-bond acceptors (Lipinski definition) is 5.